The smallest absolute Gasteiger partial charge is 0.244 e. The molecule has 9 heteroatoms. The van der Waals surface area contributed by atoms with Crippen LogP contribution in [0.5, 0.6) is 17.2 Å². The van der Waals surface area contributed by atoms with Gasteiger partial charge in [-0.1, -0.05) is 0 Å². The molecule has 2 aliphatic rings. The average molecular weight is 385 g/mol. The second-order valence-corrected chi connectivity index (χ2v) is 8.63. The molecule has 0 aliphatic carbocycles. The summed E-state index contributed by atoms with van der Waals surface area (Å²) in [7, 11) is 3.78. The molecule has 1 N–H and O–H groups in total. The van der Waals surface area contributed by atoms with E-state index in [1.165, 1.54) is 0 Å². The summed E-state index contributed by atoms with van der Waals surface area (Å²) in [4.78, 5) is 4.36. The monoisotopic (exact) mass is 385 g/mol. The highest BCUT2D eigenvalue weighted by Crippen LogP contribution is 2.51. The molecule has 0 bridgehead atoms. The van der Waals surface area contributed by atoms with Crippen LogP contribution < -0.4 is 18.9 Å². The summed E-state index contributed by atoms with van der Waals surface area (Å²) < 4.78 is 45.5. The summed E-state index contributed by atoms with van der Waals surface area (Å²) in [6, 6.07) is 0. The largest absolute Gasteiger partial charge is 0.492 e. The van der Waals surface area contributed by atoms with Crippen LogP contribution in [-0.2, 0) is 23.0 Å². The van der Waals surface area contributed by atoms with E-state index in [0.29, 0.717) is 31.0 Å². The van der Waals surface area contributed by atoms with E-state index in [4.69, 9.17) is 14.2 Å². The SMILES string of the molecule is COc1c2c(c(S(=O)(=O)NCCCN(C)C)c3c1OCO3)CCN(C)C2. The fraction of sp³-hybridized carbons (Fsp3) is 0.647. The van der Waals surface area contributed by atoms with Gasteiger partial charge in [0.2, 0.25) is 22.6 Å². The van der Waals surface area contributed by atoms with Crippen LogP contribution in [0.4, 0.5) is 0 Å². The summed E-state index contributed by atoms with van der Waals surface area (Å²) >= 11 is 0. The van der Waals surface area contributed by atoms with Crippen molar-refractivity contribution in [3.63, 3.8) is 0 Å². The van der Waals surface area contributed by atoms with Crippen LogP contribution >= 0.6 is 0 Å². The Balaban J connectivity index is 2.01. The summed E-state index contributed by atoms with van der Waals surface area (Å²) in [5.41, 5.74) is 1.63. The van der Waals surface area contributed by atoms with Gasteiger partial charge in [-0.05, 0) is 46.1 Å². The van der Waals surface area contributed by atoms with Gasteiger partial charge in [-0.25, -0.2) is 13.1 Å². The molecule has 2 aliphatic heterocycles. The van der Waals surface area contributed by atoms with Crippen LogP contribution in [0.2, 0.25) is 0 Å². The topological polar surface area (TPSA) is 80.3 Å². The van der Waals surface area contributed by atoms with Crippen molar-refractivity contribution in [3.05, 3.63) is 11.1 Å². The molecule has 0 saturated carbocycles. The zero-order valence-electron chi connectivity index (χ0n) is 15.8. The first-order valence-electron chi connectivity index (χ1n) is 8.69. The third-order valence-electron chi connectivity index (χ3n) is 4.66. The van der Waals surface area contributed by atoms with Crippen molar-refractivity contribution in [1.82, 2.24) is 14.5 Å². The van der Waals surface area contributed by atoms with Gasteiger partial charge in [0, 0.05) is 25.2 Å². The summed E-state index contributed by atoms with van der Waals surface area (Å²) in [5.74, 6) is 1.23. The van der Waals surface area contributed by atoms with Crippen LogP contribution in [0.15, 0.2) is 4.90 Å². The van der Waals surface area contributed by atoms with Gasteiger partial charge in [0.1, 0.15) is 4.90 Å². The normalized spacial score (nSPS) is 16.8. The zero-order chi connectivity index (χ0) is 18.9. The molecule has 1 aromatic rings. The minimum absolute atomic E-state index is 0.00637. The predicted octanol–water partition coefficient (Wildman–Crippen LogP) is 0.642. The van der Waals surface area contributed by atoms with Crippen molar-refractivity contribution in [2.24, 2.45) is 0 Å². The Morgan fingerprint density at radius 3 is 2.65 bits per heavy atom. The second kappa shape index (κ2) is 7.59. The molecule has 0 aromatic heterocycles. The van der Waals surface area contributed by atoms with Crippen LogP contribution in [-0.4, -0.2) is 72.9 Å². The summed E-state index contributed by atoms with van der Waals surface area (Å²) in [6.45, 7) is 2.56. The molecule has 0 amide bonds. The minimum atomic E-state index is -3.71. The van der Waals surface area contributed by atoms with Crippen molar-refractivity contribution in [2.75, 3.05) is 54.7 Å². The number of likely N-dealkylation sites (N-methyl/N-ethyl adjacent to an activating group) is 1. The van der Waals surface area contributed by atoms with Gasteiger partial charge in [-0.15, -0.1) is 0 Å². The van der Waals surface area contributed by atoms with Gasteiger partial charge < -0.3 is 24.0 Å². The number of rotatable bonds is 7. The Bertz CT molecular complexity index is 779. The molecule has 2 heterocycles. The van der Waals surface area contributed by atoms with E-state index in [1.54, 1.807) is 7.11 Å². The Morgan fingerprint density at radius 1 is 1.23 bits per heavy atom. The summed E-state index contributed by atoms with van der Waals surface area (Å²) in [5, 5.41) is 0. The van der Waals surface area contributed by atoms with E-state index in [1.807, 2.05) is 26.0 Å². The molecule has 0 spiro atoms. The fourth-order valence-electron chi connectivity index (χ4n) is 3.42. The van der Waals surface area contributed by atoms with Gasteiger partial charge in [-0.3, -0.25) is 0 Å². The Hall–Kier alpha value is -1.55. The molecular formula is C17H27N3O5S. The molecule has 1 aromatic carbocycles. The van der Waals surface area contributed by atoms with E-state index in [0.717, 1.165) is 30.6 Å². The maximum absolute atomic E-state index is 13.1. The average Bonchev–Trinajstić information content (AvgIpc) is 3.04. The number of ether oxygens (including phenoxy) is 3. The number of hydrogen-bond acceptors (Lipinski definition) is 7. The quantitative estimate of drug-likeness (QED) is 0.690. The van der Waals surface area contributed by atoms with Crippen LogP contribution in [0.1, 0.15) is 17.5 Å². The third-order valence-corrected chi connectivity index (χ3v) is 6.21. The molecule has 3 rings (SSSR count). The summed E-state index contributed by atoms with van der Waals surface area (Å²) in [6.07, 6.45) is 1.35. The lowest BCUT2D eigenvalue weighted by Crippen LogP contribution is -2.32. The Labute approximate surface area is 155 Å². The number of nitrogens with one attached hydrogen (secondary N) is 1. The molecule has 0 atom stereocenters. The number of benzene rings is 1. The first-order chi connectivity index (χ1) is 12.3. The van der Waals surface area contributed by atoms with Gasteiger partial charge in [0.15, 0.2) is 11.5 Å². The minimum Gasteiger partial charge on any atom is -0.492 e. The molecule has 0 saturated heterocycles. The second-order valence-electron chi connectivity index (χ2n) is 6.93. The Kier molecular flexibility index (Phi) is 5.61. The van der Waals surface area contributed by atoms with Crippen molar-refractivity contribution in [2.45, 2.75) is 24.3 Å². The zero-order valence-corrected chi connectivity index (χ0v) is 16.6. The van der Waals surface area contributed by atoms with E-state index < -0.39 is 10.0 Å². The van der Waals surface area contributed by atoms with E-state index >= 15 is 0 Å². The van der Waals surface area contributed by atoms with Gasteiger partial charge in [0.05, 0.1) is 7.11 Å². The number of nitrogens with zero attached hydrogens (tertiary/aromatic N) is 2. The molecular weight excluding hydrogens is 358 g/mol. The first-order valence-corrected chi connectivity index (χ1v) is 10.2. The highest BCUT2D eigenvalue weighted by Gasteiger charge is 2.37. The van der Waals surface area contributed by atoms with Gasteiger partial charge >= 0.3 is 0 Å². The number of sulfonamides is 1. The molecule has 26 heavy (non-hydrogen) atoms. The number of methoxy groups -OCH3 is 1. The standard InChI is InChI=1S/C17H27N3O5S/c1-19(2)8-5-7-18-26(21,22)17-12-6-9-20(3)10-13(12)14(23-4)15-16(17)25-11-24-15/h18H,5-11H2,1-4H3. The van der Waals surface area contributed by atoms with Crippen molar-refractivity contribution in [1.29, 1.82) is 0 Å². The number of fused-ring (bicyclic) bond motifs is 2. The lowest BCUT2D eigenvalue weighted by atomic mass is 9.97. The predicted molar refractivity (Wildman–Crippen MR) is 97.5 cm³/mol. The number of hydrogen-bond donors (Lipinski definition) is 1. The Morgan fingerprint density at radius 2 is 1.96 bits per heavy atom. The molecule has 146 valence electrons. The van der Waals surface area contributed by atoms with Gasteiger partial charge in [-0.2, -0.15) is 0 Å². The van der Waals surface area contributed by atoms with Crippen LogP contribution in [0, 0.1) is 0 Å². The maximum atomic E-state index is 13.1. The molecule has 0 radical (unpaired) electrons. The lowest BCUT2D eigenvalue weighted by Gasteiger charge is -2.29. The highest BCUT2D eigenvalue weighted by molar-refractivity contribution is 7.89. The van der Waals surface area contributed by atoms with Crippen molar-refractivity contribution < 1.29 is 22.6 Å². The maximum Gasteiger partial charge on any atom is 0.244 e. The van der Waals surface area contributed by atoms with E-state index in [9.17, 15) is 8.42 Å². The molecule has 0 unspecified atom stereocenters. The molecule has 8 nitrogen and oxygen atoms in total. The third kappa shape index (κ3) is 3.62. The van der Waals surface area contributed by atoms with Crippen molar-refractivity contribution >= 4 is 10.0 Å². The van der Waals surface area contributed by atoms with Crippen LogP contribution in [0.25, 0.3) is 0 Å². The first kappa shape index (κ1) is 19.2. The fourth-order valence-corrected chi connectivity index (χ4v) is 4.92. The highest BCUT2D eigenvalue weighted by atomic mass is 32.2. The van der Waals surface area contributed by atoms with Crippen molar-refractivity contribution in [3.8, 4) is 17.2 Å². The lowest BCUT2D eigenvalue weighted by molar-refractivity contribution is 0.169. The van der Waals surface area contributed by atoms with Gasteiger partial charge in [0.25, 0.3) is 0 Å². The van der Waals surface area contributed by atoms with E-state index in [2.05, 4.69) is 9.62 Å². The van der Waals surface area contributed by atoms with E-state index in [-0.39, 0.29) is 17.4 Å². The molecule has 0 fully saturated rings. The van der Waals surface area contributed by atoms with Crippen LogP contribution in [0.3, 0.4) is 0 Å².